The largest absolute Gasteiger partial charge is 0.508 e. The van der Waals surface area contributed by atoms with Crippen LogP contribution in [0.25, 0.3) is 0 Å². The highest BCUT2D eigenvalue weighted by molar-refractivity contribution is 9.10. The molecule has 0 radical (unpaired) electrons. The molecule has 210 valence electrons. The second-order valence-electron chi connectivity index (χ2n) is 10.9. The molecule has 7 nitrogen and oxygen atoms in total. The quantitative estimate of drug-likeness (QED) is 0.200. The third-order valence-corrected chi connectivity index (χ3v) is 8.95. The van der Waals surface area contributed by atoms with E-state index in [1.807, 2.05) is 24.0 Å². The van der Waals surface area contributed by atoms with Crippen molar-refractivity contribution in [3.63, 3.8) is 0 Å². The SMILES string of the molecule is C/C1=C/C(C2CCN(C(=O)CC3CCN(C(N)=O)CC3)CC2)c2c(Br)cc(O)cc2CCC1.CC(Br)C=N. The van der Waals surface area contributed by atoms with E-state index in [4.69, 9.17) is 11.1 Å². The van der Waals surface area contributed by atoms with E-state index in [2.05, 4.69) is 44.9 Å². The lowest BCUT2D eigenvalue weighted by atomic mass is 9.75. The van der Waals surface area contributed by atoms with Gasteiger partial charge in [0, 0.05) is 54.0 Å². The van der Waals surface area contributed by atoms with Crippen LogP contribution in [0.5, 0.6) is 5.75 Å². The van der Waals surface area contributed by atoms with Crippen LogP contribution in [-0.2, 0) is 11.2 Å². The van der Waals surface area contributed by atoms with Crippen molar-refractivity contribution in [2.24, 2.45) is 17.6 Å². The summed E-state index contributed by atoms with van der Waals surface area (Å²) in [5.41, 5.74) is 9.37. The van der Waals surface area contributed by atoms with E-state index in [0.717, 1.165) is 62.5 Å². The Bertz CT molecular complexity index is 1010. The third-order valence-electron chi connectivity index (χ3n) is 8.03. The first-order valence-corrected chi connectivity index (χ1v) is 15.4. The number of alkyl halides is 1. The number of hydrogen-bond donors (Lipinski definition) is 3. The normalized spacial score (nSPS) is 23.1. The number of piperidine rings is 2. The predicted molar refractivity (Wildman–Crippen MR) is 160 cm³/mol. The number of phenols is 1. The van der Waals surface area contributed by atoms with Gasteiger partial charge in [0.15, 0.2) is 0 Å². The highest BCUT2D eigenvalue weighted by atomic mass is 79.9. The number of amides is 3. The van der Waals surface area contributed by atoms with Gasteiger partial charge >= 0.3 is 6.03 Å². The molecule has 4 rings (SSSR count). The lowest BCUT2D eigenvalue weighted by Gasteiger charge is -2.38. The second kappa shape index (κ2) is 14.5. The fraction of sp³-hybridized carbons (Fsp3) is 0.621. The molecule has 1 aromatic rings. The number of nitrogens with two attached hydrogens (primary N) is 1. The van der Waals surface area contributed by atoms with Crippen molar-refractivity contribution in [3.05, 3.63) is 39.4 Å². The van der Waals surface area contributed by atoms with Gasteiger partial charge in [0.1, 0.15) is 5.75 Å². The van der Waals surface area contributed by atoms with Crippen LogP contribution in [0.3, 0.4) is 0 Å². The maximum absolute atomic E-state index is 13.0. The van der Waals surface area contributed by atoms with Crippen LogP contribution in [0.4, 0.5) is 4.79 Å². The molecular formula is C29H42Br2N4O3. The molecule has 2 aliphatic heterocycles. The van der Waals surface area contributed by atoms with Gasteiger partial charge in [-0.25, -0.2) is 4.79 Å². The molecule has 1 aromatic carbocycles. The number of benzene rings is 1. The number of rotatable bonds is 4. The number of carbonyl (C=O) groups is 2. The first kappa shape index (κ1) is 30.7. The van der Waals surface area contributed by atoms with Crippen LogP contribution >= 0.6 is 31.9 Å². The van der Waals surface area contributed by atoms with Crippen molar-refractivity contribution in [1.29, 1.82) is 5.41 Å². The molecule has 1 aliphatic carbocycles. The van der Waals surface area contributed by atoms with E-state index in [1.165, 1.54) is 22.9 Å². The Morgan fingerprint density at radius 2 is 1.74 bits per heavy atom. The van der Waals surface area contributed by atoms with Gasteiger partial charge in [0.25, 0.3) is 0 Å². The second-order valence-corrected chi connectivity index (χ2v) is 13.2. The lowest BCUT2D eigenvalue weighted by Crippen LogP contribution is -2.44. The maximum Gasteiger partial charge on any atom is 0.314 e. The fourth-order valence-corrected chi connectivity index (χ4v) is 6.64. The topological polar surface area (TPSA) is 111 Å². The highest BCUT2D eigenvalue weighted by Crippen LogP contribution is 2.43. The zero-order valence-corrected chi connectivity index (χ0v) is 25.8. The molecule has 2 heterocycles. The molecule has 38 heavy (non-hydrogen) atoms. The molecule has 4 N–H and O–H groups in total. The van der Waals surface area contributed by atoms with Crippen LogP contribution in [0.15, 0.2) is 28.3 Å². The number of phenolic OH excluding ortho intramolecular Hbond substituents is 1. The van der Waals surface area contributed by atoms with Crippen molar-refractivity contribution in [2.45, 2.75) is 76.0 Å². The van der Waals surface area contributed by atoms with Crippen LogP contribution in [0.1, 0.15) is 75.8 Å². The summed E-state index contributed by atoms with van der Waals surface area (Å²) in [6, 6.07) is 3.39. The molecule has 9 heteroatoms. The standard InChI is InChI=1S/C26H36BrN3O3.C3H6BrN/c1-17-3-2-4-20-15-21(31)16-23(27)25(20)22(13-17)19-7-11-29(12-8-19)24(32)14-18-5-9-30(10-6-18)26(28)33;1-3(4)2-5/h13,15-16,18-19,22,31H,2-12,14H2,1H3,(H2,28,33);2-3,5H,1H3/b17-13-;. The third kappa shape index (κ3) is 8.57. The molecule has 2 unspecified atom stereocenters. The first-order chi connectivity index (χ1) is 18.1. The number of primary amides is 1. The lowest BCUT2D eigenvalue weighted by molar-refractivity contribution is -0.134. The van der Waals surface area contributed by atoms with E-state index in [-0.39, 0.29) is 16.8 Å². The fourth-order valence-electron chi connectivity index (χ4n) is 5.88. The number of fused-ring (bicyclic) bond motifs is 1. The van der Waals surface area contributed by atoms with Gasteiger partial charge in [-0.05, 0) is 93.9 Å². The van der Waals surface area contributed by atoms with Gasteiger partial charge in [-0.15, -0.1) is 0 Å². The molecule has 2 saturated heterocycles. The van der Waals surface area contributed by atoms with Crippen molar-refractivity contribution in [2.75, 3.05) is 26.2 Å². The van der Waals surface area contributed by atoms with Gasteiger partial charge < -0.3 is 26.0 Å². The molecule has 0 bridgehead atoms. The molecule has 2 atom stereocenters. The van der Waals surface area contributed by atoms with Gasteiger partial charge in [0.05, 0.1) is 0 Å². The van der Waals surface area contributed by atoms with Crippen LogP contribution < -0.4 is 5.73 Å². The van der Waals surface area contributed by atoms with E-state index in [9.17, 15) is 14.7 Å². The smallest absolute Gasteiger partial charge is 0.314 e. The summed E-state index contributed by atoms with van der Waals surface area (Å²) in [7, 11) is 0. The Morgan fingerprint density at radius 3 is 2.32 bits per heavy atom. The number of likely N-dealkylation sites (tertiary alicyclic amines) is 2. The Kier molecular flexibility index (Phi) is 11.7. The van der Waals surface area contributed by atoms with Gasteiger partial charge in [0.2, 0.25) is 5.91 Å². The summed E-state index contributed by atoms with van der Waals surface area (Å²) in [6.45, 7) is 7.05. The number of allylic oxidation sites excluding steroid dienone is 2. The number of nitrogens with one attached hydrogen (secondary N) is 1. The van der Waals surface area contributed by atoms with Crippen molar-refractivity contribution in [1.82, 2.24) is 9.80 Å². The molecule has 3 aliphatic rings. The number of urea groups is 1. The number of nitrogens with zero attached hydrogens (tertiary/aromatic N) is 2. The molecule has 2 fully saturated rings. The number of carbonyl (C=O) groups excluding carboxylic acids is 2. The monoisotopic (exact) mass is 652 g/mol. The Balaban J connectivity index is 0.000000732. The average Bonchev–Trinajstić information content (AvgIpc) is 2.87. The number of aromatic hydroxyl groups is 1. The molecule has 3 amide bonds. The summed E-state index contributed by atoms with van der Waals surface area (Å²) < 4.78 is 0.995. The van der Waals surface area contributed by atoms with Crippen LogP contribution in [0, 0.1) is 17.2 Å². The Morgan fingerprint density at radius 1 is 1.13 bits per heavy atom. The molecule has 0 aromatic heterocycles. The summed E-state index contributed by atoms with van der Waals surface area (Å²) in [5.74, 6) is 1.72. The van der Waals surface area contributed by atoms with E-state index >= 15 is 0 Å². The molecule has 0 spiro atoms. The maximum atomic E-state index is 13.0. The van der Waals surface area contributed by atoms with E-state index < -0.39 is 0 Å². The summed E-state index contributed by atoms with van der Waals surface area (Å²) in [5, 5.41) is 16.6. The predicted octanol–water partition coefficient (Wildman–Crippen LogP) is 6.36. The zero-order valence-electron chi connectivity index (χ0n) is 22.6. The first-order valence-electron chi connectivity index (χ1n) is 13.7. The number of aryl methyl sites for hydroxylation is 1. The summed E-state index contributed by atoms with van der Waals surface area (Å²) in [4.78, 5) is 28.3. The summed E-state index contributed by atoms with van der Waals surface area (Å²) in [6.07, 6.45) is 11.2. The van der Waals surface area contributed by atoms with Gasteiger partial charge in [-0.1, -0.05) is 43.5 Å². The van der Waals surface area contributed by atoms with Crippen molar-refractivity contribution < 1.29 is 14.7 Å². The van der Waals surface area contributed by atoms with Gasteiger partial charge in [-0.3, -0.25) is 4.79 Å². The van der Waals surface area contributed by atoms with E-state index in [0.29, 0.717) is 43.0 Å². The highest BCUT2D eigenvalue weighted by Gasteiger charge is 2.32. The minimum Gasteiger partial charge on any atom is -0.508 e. The van der Waals surface area contributed by atoms with Gasteiger partial charge in [-0.2, -0.15) is 0 Å². The zero-order chi connectivity index (χ0) is 27.8. The van der Waals surface area contributed by atoms with Crippen molar-refractivity contribution >= 4 is 50.0 Å². The summed E-state index contributed by atoms with van der Waals surface area (Å²) >= 11 is 6.87. The van der Waals surface area contributed by atoms with E-state index in [1.54, 1.807) is 4.90 Å². The molecular weight excluding hydrogens is 612 g/mol. The van der Waals surface area contributed by atoms with Crippen LogP contribution in [0.2, 0.25) is 0 Å². The minimum absolute atomic E-state index is 0.238. The number of hydrogen-bond acceptors (Lipinski definition) is 4. The Hall–Kier alpha value is -1.87. The van der Waals surface area contributed by atoms with Crippen LogP contribution in [-0.4, -0.2) is 64.1 Å². The molecule has 0 saturated carbocycles. The average molecular weight is 654 g/mol. The Labute approximate surface area is 244 Å². The number of halogens is 2. The minimum atomic E-state index is -0.358. The van der Waals surface area contributed by atoms with Crippen molar-refractivity contribution in [3.8, 4) is 5.75 Å².